The summed E-state index contributed by atoms with van der Waals surface area (Å²) in [5, 5.41) is 3.49. The number of piperidine rings is 1. The number of aromatic nitrogens is 1. The van der Waals surface area contributed by atoms with Crippen molar-refractivity contribution in [2.75, 3.05) is 32.5 Å². The Balaban J connectivity index is 2.37. The van der Waals surface area contributed by atoms with Crippen LogP contribution in [0.15, 0.2) is 17.1 Å². The van der Waals surface area contributed by atoms with Crippen LogP contribution < -0.4 is 10.9 Å². The smallest absolute Gasteiger partial charge is 0.274 e. The SMILES string of the molecule is CNc1cc(Cl)cn([C@H]2CCCN(C)C2)c1=O. The van der Waals surface area contributed by atoms with E-state index in [4.69, 9.17) is 11.6 Å². The Morgan fingerprint density at radius 2 is 2.29 bits per heavy atom. The average molecular weight is 256 g/mol. The molecule has 1 aromatic rings. The standard InChI is InChI=1S/C12H18ClN3O/c1-14-11-6-9(13)7-16(12(11)17)10-4-3-5-15(2)8-10/h6-7,10,14H,3-5,8H2,1-2H3/t10-/m0/s1. The van der Waals surface area contributed by atoms with Crippen molar-refractivity contribution in [2.45, 2.75) is 18.9 Å². The van der Waals surface area contributed by atoms with Crippen molar-refractivity contribution >= 4 is 17.3 Å². The topological polar surface area (TPSA) is 37.3 Å². The van der Waals surface area contributed by atoms with Crippen molar-refractivity contribution in [3.8, 4) is 0 Å². The van der Waals surface area contributed by atoms with E-state index in [-0.39, 0.29) is 11.6 Å². The van der Waals surface area contributed by atoms with Crippen LogP contribution in [0.2, 0.25) is 5.02 Å². The minimum absolute atomic E-state index is 0.0113. The monoisotopic (exact) mass is 255 g/mol. The molecule has 1 fully saturated rings. The molecule has 4 nitrogen and oxygen atoms in total. The summed E-state index contributed by atoms with van der Waals surface area (Å²) in [5.74, 6) is 0. The number of likely N-dealkylation sites (tertiary alicyclic amines) is 1. The first-order chi connectivity index (χ1) is 8.11. The normalized spacial score (nSPS) is 21.5. The van der Waals surface area contributed by atoms with Crippen LogP contribution in [0, 0.1) is 0 Å². The van der Waals surface area contributed by atoms with Gasteiger partial charge in [-0.2, -0.15) is 0 Å². The highest BCUT2D eigenvalue weighted by molar-refractivity contribution is 6.30. The summed E-state index contributed by atoms with van der Waals surface area (Å²) in [6, 6.07) is 1.90. The lowest BCUT2D eigenvalue weighted by atomic mass is 10.1. The van der Waals surface area contributed by atoms with Gasteiger partial charge < -0.3 is 14.8 Å². The molecule has 0 spiro atoms. The van der Waals surface area contributed by atoms with Crippen molar-refractivity contribution < 1.29 is 0 Å². The highest BCUT2D eigenvalue weighted by Crippen LogP contribution is 2.21. The first-order valence-electron chi connectivity index (χ1n) is 5.90. The molecule has 1 aliphatic rings. The predicted octanol–water partition coefficient (Wildman–Crippen LogP) is 1.81. The third-order valence-electron chi connectivity index (χ3n) is 3.27. The molecule has 2 rings (SSSR count). The molecule has 0 amide bonds. The Hall–Kier alpha value is -1.00. The van der Waals surface area contributed by atoms with Gasteiger partial charge in [-0.3, -0.25) is 4.79 Å². The molecule has 1 N–H and O–H groups in total. The summed E-state index contributed by atoms with van der Waals surface area (Å²) in [5.41, 5.74) is 0.572. The lowest BCUT2D eigenvalue weighted by Gasteiger charge is -2.31. The van der Waals surface area contributed by atoms with Gasteiger partial charge in [-0.1, -0.05) is 11.6 Å². The highest BCUT2D eigenvalue weighted by atomic mass is 35.5. The Labute approximate surface area is 106 Å². The second-order valence-electron chi connectivity index (χ2n) is 4.59. The zero-order chi connectivity index (χ0) is 12.4. The largest absolute Gasteiger partial charge is 0.384 e. The average Bonchev–Trinajstić information content (AvgIpc) is 2.31. The summed E-state index contributed by atoms with van der Waals surface area (Å²) >= 11 is 6.04. The fourth-order valence-corrected chi connectivity index (χ4v) is 2.60. The molecular formula is C12H18ClN3O. The third kappa shape index (κ3) is 2.64. The molecule has 0 saturated carbocycles. The fraction of sp³-hybridized carbons (Fsp3) is 0.583. The van der Waals surface area contributed by atoms with Crippen LogP contribution in [-0.2, 0) is 0 Å². The molecule has 0 unspecified atom stereocenters. The van der Waals surface area contributed by atoms with Gasteiger partial charge in [0.1, 0.15) is 5.69 Å². The molecule has 0 radical (unpaired) electrons. The van der Waals surface area contributed by atoms with Crippen LogP contribution in [0.1, 0.15) is 18.9 Å². The number of nitrogens with zero attached hydrogens (tertiary/aromatic N) is 2. The number of hydrogen-bond donors (Lipinski definition) is 1. The van der Waals surface area contributed by atoms with E-state index in [2.05, 4.69) is 17.3 Å². The van der Waals surface area contributed by atoms with Crippen LogP contribution in [0.3, 0.4) is 0 Å². The number of anilines is 1. The molecule has 0 bridgehead atoms. The van der Waals surface area contributed by atoms with E-state index in [1.54, 1.807) is 23.9 Å². The fourth-order valence-electron chi connectivity index (χ4n) is 2.38. The molecule has 1 aliphatic heterocycles. The Morgan fingerprint density at radius 3 is 2.94 bits per heavy atom. The van der Waals surface area contributed by atoms with Crippen molar-refractivity contribution in [1.82, 2.24) is 9.47 Å². The van der Waals surface area contributed by atoms with Gasteiger partial charge in [0.25, 0.3) is 5.56 Å². The summed E-state index contributed by atoms with van der Waals surface area (Å²) < 4.78 is 1.77. The molecule has 1 atom stereocenters. The van der Waals surface area contributed by atoms with Gasteiger partial charge in [0.2, 0.25) is 0 Å². The van der Waals surface area contributed by atoms with Crippen molar-refractivity contribution in [1.29, 1.82) is 0 Å². The van der Waals surface area contributed by atoms with Crippen LogP contribution in [0.4, 0.5) is 5.69 Å². The van der Waals surface area contributed by atoms with Gasteiger partial charge in [-0.25, -0.2) is 0 Å². The molecule has 17 heavy (non-hydrogen) atoms. The Bertz CT molecular complexity index is 458. The lowest BCUT2D eigenvalue weighted by molar-refractivity contribution is 0.209. The number of nitrogens with one attached hydrogen (secondary N) is 1. The Morgan fingerprint density at radius 1 is 1.53 bits per heavy atom. The van der Waals surface area contributed by atoms with Gasteiger partial charge >= 0.3 is 0 Å². The van der Waals surface area contributed by atoms with E-state index in [1.165, 1.54) is 0 Å². The van der Waals surface area contributed by atoms with Crippen LogP contribution >= 0.6 is 11.6 Å². The minimum Gasteiger partial charge on any atom is -0.384 e. The summed E-state index contributed by atoms with van der Waals surface area (Å²) in [6.07, 6.45) is 3.90. The molecule has 0 aromatic carbocycles. The maximum absolute atomic E-state index is 12.2. The van der Waals surface area contributed by atoms with Gasteiger partial charge in [-0.05, 0) is 32.5 Å². The van der Waals surface area contributed by atoms with E-state index >= 15 is 0 Å². The molecule has 1 saturated heterocycles. The number of rotatable bonds is 2. The summed E-state index contributed by atoms with van der Waals surface area (Å²) in [4.78, 5) is 14.4. The molecule has 2 heterocycles. The highest BCUT2D eigenvalue weighted by Gasteiger charge is 2.20. The zero-order valence-electron chi connectivity index (χ0n) is 10.2. The summed E-state index contributed by atoms with van der Waals surface area (Å²) in [7, 11) is 3.82. The van der Waals surface area contributed by atoms with E-state index in [0.717, 1.165) is 25.9 Å². The van der Waals surface area contributed by atoms with E-state index in [1.807, 2.05) is 0 Å². The van der Waals surface area contributed by atoms with Crippen LogP contribution in [0.5, 0.6) is 0 Å². The third-order valence-corrected chi connectivity index (χ3v) is 3.48. The molecule has 5 heteroatoms. The quantitative estimate of drug-likeness (QED) is 0.876. The second-order valence-corrected chi connectivity index (χ2v) is 5.03. The maximum atomic E-state index is 12.2. The number of halogens is 1. The van der Waals surface area contributed by atoms with E-state index in [0.29, 0.717) is 10.7 Å². The molecule has 0 aliphatic carbocycles. The number of hydrogen-bond acceptors (Lipinski definition) is 3. The van der Waals surface area contributed by atoms with Gasteiger partial charge in [0.15, 0.2) is 0 Å². The minimum atomic E-state index is 0.0113. The van der Waals surface area contributed by atoms with E-state index in [9.17, 15) is 4.79 Å². The van der Waals surface area contributed by atoms with Crippen molar-refractivity contribution in [3.05, 3.63) is 27.6 Å². The molecule has 94 valence electrons. The van der Waals surface area contributed by atoms with Crippen LogP contribution in [0.25, 0.3) is 0 Å². The number of pyridine rings is 1. The van der Waals surface area contributed by atoms with Gasteiger partial charge in [-0.15, -0.1) is 0 Å². The van der Waals surface area contributed by atoms with Crippen molar-refractivity contribution in [3.63, 3.8) is 0 Å². The van der Waals surface area contributed by atoms with Gasteiger partial charge in [0, 0.05) is 25.8 Å². The van der Waals surface area contributed by atoms with Crippen LogP contribution in [-0.4, -0.2) is 36.7 Å². The second kappa shape index (κ2) is 5.10. The first-order valence-corrected chi connectivity index (χ1v) is 6.27. The first kappa shape index (κ1) is 12.5. The molecule has 1 aromatic heterocycles. The van der Waals surface area contributed by atoms with Gasteiger partial charge in [0.05, 0.1) is 5.02 Å². The predicted molar refractivity (Wildman–Crippen MR) is 71.0 cm³/mol. The maximum Gasteiger partial charge on any atom is 0.274 e. The van der Waals surface area contributed by atoms with E-state index < -0.39 is 0 Å². The Kier molecular flexibility index (Phi) is 3.74. The lowest BCUT2D eigenvalue weighted by Crippen LogP contribution is -2.37. The summed E-state index contributed by atoms with van der Waals surface area (Å²) in [6.45, 7) is 2.01. The molecular weight excluding hydrogens is 238 g/mol. The van der Waals surface area contributed by atoms with Crippen molar-refractivity contribution in [2.24, 2.45) is 0 Å². The zero-order valence-corrected chi connectivity index (χ0v) is 11.0. The number of likely N-dealkylation sites (N-methyl/N-ethyl adjacent to an activating group) is 1.